The fourth-order valence-electron chi connectivity index (χ4n) is 2.88. The Hall–Kier alpha value is -2.59. The van der Waals surface area contributed by atoms with Crippen molar-refractivity contribution in [2.45, 2.75) is 32.2 Å². The molecule has 10 heteroatoms. The van der Waals surface area contributed by atoms with Gasteiger partial charge < -0.3 is 20.5 Å². The van der Waals surface area contributed by atoms with E-state index in [0.717, 1.165) is 15.6 Å². The van der Waals surface area contributed by atoms with E-state index in [1.165, 1.54) is 25.1 Å². The molecule has 2 amide bonds. The van der Waals surface area contributed by atoms with E-state index in [9.17, 15) is 18.0 Å². The zero-order valence-corrected chi connectivity index (χ0v) is 19.2. The summed E-state index contributed by atoms with van der Waals surface area (Å²) in [4.78, 5) is 23.2. The molecule has 0 spiro atoms. The lowest BCUT2D eigenvalue weighted by molar-refractivity contribution is -0.118. The first kappa shape index (κ1) is 23.7. The Morgan fingerprint density at radius 2 is 1.77 bits per heavy atom. The van der Waals surface area contributed by atoms with Crippen molar-refractivity contribution in [2.24, 2.45) is 0 Å². The van der Waals surface area contributed by atoms with Gasteiger partial charge in [0.25, 0.3) is 5.91 Å². The van der Waals surface area contributed by atoms with Crippen LogP contribution in [-0.4, -0.2) is 37.9 Å². The SMILES string of the molecule is CCS(=O)(=O)c1ccc(NC(=O)COc2c(C)cc(Br)cc2C)cc1CNC(=O)O. The van der Waals surface area contributed by atoms with Crippen molar-refractivity contribution in [2.75, 3.05) is 17.7 Å². The Balaban J connectivity index is 2.16. The summed E-state index contributed by atoms with van der Waals surface area (Å²) < 4.78 is 31.1. The predicted molar refractivity (Wildman–Crippen MR) is 117 cm³/mol. The average molecular weight is 499 g/mol. The third-order valence-electron chi connectivity index (χ3n) is 4.26. The van der Waals surface area contributed by atoms with Crippen LogP contribution in [0.3, 0.4) is 0 Å². The Kier molecular flexibility index (Phi) is 7.85. The normalized spacial score (nSPS) is 11.1. The van der Waals surface area contributed by atoms with Crippen LogP contribution in [0.15, 0.2) is 39.7 Å². The van der Waals surface area contributed by atoms with Crippen LogP contribution in [0, 0.1) is 13.8 Å². The molecule has 8 nitrogen and oxygen atoms in total. The molecule has 0 saturated heterocycles. The molecule has 0 saturated carbocycles. The number of carboxylic acid groups (broad SMARTS) is 1. The van der Waals surface area contributed by atoms with Gasteiger partial charge in [-0.05, 0) is 60.9 Å². The number of carbonyl (C=O) groups is 2. The van der Waals surface area contributed by atoms with Gasteiger partial charge in [-0.3, -0.25) is 4.79 Å². The quantitative estimate of drug-likeness (QED) is 0.510. The maximum atomic E-state index is 12.3. The highest BCUT2D eigenvalue weighted by Gasteiger charge is 2.18. The summed E-state index contributed by atoms with van der Waals surface area (Å²) in [7, 11) is -3.56. The molecule has 2 aromatic rings. The molecule has 0 aliphatic carbocycles. The number of benzene rings is 2. The van der Waals surface area contributed by atoms with Crippen LogP contribution in [0.2, 0.25) is 0 Å². The lowest BCUT2D eigenvalue weighted by Gasteiger charge is -2.14. The van der Waals surface area contributed by atoms with Crippen LogP contribution >= 0.6 is 15.9 Å². The summed E-state index contributed by atoms with van der Waals surface area (Å²) in [5.41, 5.74) is 2.35. The summed E-state index contributed by atoms with van der Waals surface area (Å²) in [5.74, 6) is 0.0578. The van der Waals surface area contributed by atoms with Crippen molar-refractivity contribution in [3.8, 4) is 5.75 Å². The van der Waals surface area contributed by atoms with Crippen LogP contribution in [-0.2, 0) is 21.2 Å². The summed E-state index contributed by atoms with van der Waals surface area (Å²) in [5, 5.41) is 13.6. The molecule has 0 heterocycles. The van der Waals surface area contributed by atoms with Gasteiger partial charge in [-0.1, -0.05) is 22.9 Å². The van der Waals surface area contributed by atoms with Crippen molar-refractivity contribution in [1.82, 2.24) is 5.32 Å². The predicted octanol–water partition coefficient (Wildman–Crippen LogP) is 3.64. The molecule has 0 aliphatic heterocycles. The third kappa shape index (κ3) is 6.20. The van der Waals surface area contributed by atoms with E-state index in [0.29, 0.717) is 11.4 Å². The van der Waals surface area contributed by atoms with Crippen LogP contribution in [0.1, 0.15) is 23.6 Å². The Morgan fingerprint density at radius 1 is 1.13 bits per heavy atom. The fourth-order valence-corrected chi connectivity index (χ4v) is 4.69. The van der Waals surface area contributed by atoms with Gasteiger partial charge in [-0.2, -0.15) is 0 Å². The largest absolute Gasteiger partial charge is 0.483 e. The number of nitrogens with one attached hydrogen (secondary N) is 2. The van der Waals surface area contributed by atoms with E-state index < -0.39 is 21.8 Å². The molecule has 0 aliphatic rings. The number of aryl methyl sites for hydroxylation is 2. The van der Waals surface area contributed by atoms with Crippen LogP contribution in [0.5, 0.6) is 5.75 Å². The van der Waals surface area contributed by atoms with Gasteiger partial charge in [0.05, 0.1) is 10.6 Å². The van der Waals surface area contributed by atoms with Crippen molar-refractivity contribution in [3.63, 3.8) is 0 Å². The smallest absolute Gasteiger partial charge is 0.404 e. The molecule has 30 heavy (non-hydrogen) atoms. The molecular weight excluding hydrogens is 476 g/mol. The number of carbonyl (C=O) groups excluding carboxylic acids is 1. The molecule has 0 fully saturated rings. The lowest BCUT2D eigenvalue weighted by Crippen LogP contribution is -2.23. The minimum Gasteiger partial charge on any atom is -0.483 e. The zero-order chi connectivity index (χ0) is 22.5. The van der Waals surface area contributed by atoms with E-state index in [1.807, 2.05) is 26.0 Å². The first-order chi connectivity index (χ1) is 14.0. The summed E-state index contributed by atoms with van der Waals surface area (Å²) in [6, 6.07) is 8.02. The molecule has 3 N–H and O–H groups in total. The van der Waals surface area contributed by atoms with Crippen molar-refractivity contribution >= 4 is 43.5 Å². The van der Waals surface area contributed by atoms with Crippen LogP contribution < -0.4 is 15.4 Å². The van der Waals surface area contributed by atoms with Gasteiger partial charge in [-0.25, -0.2) is 13.2 Å². The minimum absolute atomic E-state index is 0.0223. The van der Waals surface area contributed by atoms with Gasteiger partial charge in [0.15, 0.2) is 16.4 Å². The number of halogens is 1. The number of sulfone groups is 1. The molecule has 0 radical (unpaired) electrons. The van der Waals surface area contributed by atoms with E-state index in [2.05, 4.69) is 26.6 Å². The second kappa shape index (κ2) is 9.94. The average Bonchev–Trinajstić information content (AvgIpc) is 2.65. The maximum absolute atomic E-state index is 12.3. The van der Waals surface area contributed by atoms with Crippen molar-refractivity contribution in [1.29, 1.82) is 0 Å². The van der Waals surface area contributed by atoms with E-state index >= 15 is 0 Å². The van der Waals surface area contributed by atoms with E-state index in [1.54, 1.807) is 0 Å². The molecular formula is C20H23BrN2O6S. The van der Waals surface area contributed by atoms with Crippen LogP contribution in [0.4, 0.5) is 10.5 Å². The number of ether oxygens (including phenoxy) is 1. The minimum atomic E-state index is -3.56. The lowest BCUT2D eigenvalue weighted by atomic mass is 10.1. The van der Waals surface area contributed by atoms with Crippen molar-refractivity contribution in [3.05, 3.63) is 51.5 Å². The summed E-state index contributed by atoms with van der Waals surface area (Å²) in [6.45, 7) is 4.81. The van der Waals surface area contributed by atoms with Gasteiger partial charge in [-0.15, -0.1) is 0 Å². The zero-order valence-electron chi connectivity index (χ0n) is 16.8. The Labute approximate surface area is 183 Å². The molecule has 0 unspecified atom stereocenters. The maximum Gasteiger partial charge on any atom is 0.404 e. The van der Waals surface area contributed by atoms with Gasteiger partial charge in [0.1, 0.15) is 5.75 Å². The number of anilines is 1. The fraction of sp³-hybridized carbons (Fsp3) is 0.300. The second-order valence-electron chi connectivity index (χ2n) is 6.59. The van der Waals surface area contributed by atoms with Crippen LogP contribution in [0.25, 0.3) is 0 Å². The van der Waals surface area contributed by atoms with E-state index in [4.69, 9.17) is 9.84 Å². The standard InChI is InChI=1S/C20H23BrN2O6S/c1-4-30(27,28)17-6-5-16(9-14(17)10-22-20(25)26)23-18(24)11-29-19-12(2)7-15(21)8-13(19)3/h5-9,22H,4,10-11H2,1-3H3,(H,23,24)(H,25,26). The second-order valence-corrected chi connectivity index (χ2v) is 9.75. The van der Waals surface area contributed by atoms with Gasteiger partial charge in [0.2, 0.25) is 0 Å². The first-order valence-corrected chi connectivity index (χ1v) is 11.5. The number of rotatable bonds is 8. The summed E-state index contributed by atoms with van der Waals surface area (Å²) >= 11 is 3.41. The Bertz CT molecular complexity index is 1050. The monoisotopic (exact) mass is 498 g/mol. The molecule has 162 valence electrons. The number of hydrogen-bond donors (Lipinski definition) is 3. The topological polar surface area (TPSA) is 122 Å². The Morgan fingerprint density at radius 3 is 2.33 bits per heavy atom. The number of hydrogen-bond acceptors (Lipinski definition) is 5. The van der Waals surface area contributed by atoms with E-state index in [-0.39, 0.29) is 29.4 Å². The highest BCUT2D eigenvalue weighted by Crippen LogP contribution is 2.27. The highest BCUT2D eigenvalue weighted by atomic mass is 79.9. The van der Waals surface area contributed by atoms with Gasteiger partial charge in [0, 0.05) is 16.7 Å². The molecule has 2 rings (SSSR count). The molecule has 0 atom stereocenters. The molecule has 0 aromatic heterocycles. The first-order valence-electron chi connectivity index (χ1n) is 9.05. The molecule has 2 aromatic carbocycles. The highest BCUT2D eigenvalue weighted by molar-refractivity contribution is 9.10. The number of amides is 2. The summed E-state index contributed by atoms with van der Waals surface area (Å²) in [6.07, 6.45) is -1.28. The third-order valence-corrected chi connectivity index (χ3v) is 6.55. The molecule has 0 bridgehead atoms. The van der Waals surface area contributed by atoms with Gasteiger partial charge >= 0.3 is 6.09 Å². The van der Waals surface area contributed by atoms with Crippen molar-refractivity contribution < 1.29 is 27.9 Å².